The van der Waals surface area contributed by atoms with E-state index in [1.165, 1.54) is 6.07 Å². The molecule has 0 aliphatic heterocycles. The van der Waals surface area contributed by atoms with E-state index in [0.717, 1.165) is 15.0 Å². The molecular weight excluding hydrogens is 530 g/mol. The summed E-state index contributed by atoms with van der Waals surface area (Å²) in [6.07, 6.45) is -0.655. The van der Waals surface area contributed by atoms with Gasteiger partial charge in [-0.2, -0.15) is 0 Å². The van der Waals surface area contributed by atoms with E-state index in [1.807, 2.05) is 30.3 Å². The Labute approximate surface area is 202 Å². The summed E-state index contributed by atoms with van der Waals surface area (Å²) in [6.45, 7) is 2.73. The van der Waals surface area contributed by atoms with Crippen molar-refractivity contribution in [2.24, 2.45) is 4.99 Å². The van der Waals surface area contributed by atoms with Gasteiger partial charge in [0.1, 0.15) is 11.9 Å². The second-order valence-corrected chi connectivity index (χ2v) is 7.92. The minimum Gasteiger partial charge on any atom is -0.386 e. The van der Waals surface area contributed by atoms with Gasteiger partial charge in [-0.15, -0.1) is 35.3 Å². The standard InChI is InChI=1S/C22H25FN4O2S.HI/c1-14-7-8-16(11-17(14)23)21(29)25-9-10-26-22(24-2)27-13-18(28)20-12-15-5-3-4-6-19(15)30-20;/h3-8,11-12,18,28H,9-10,13H2,1-2H3,(H,25,29)(H2,24,26,27);1H. The van der Waals surface area contributed by atoms with E-state index in [-0.39, 0.29) is 35.4 Å². The third kappa shape index (κ3) is 6.88. The number of aryl methyl sites for hydroxylation is 1. The van der Waals surface area contributed by atoms with Crippen molar-refractivity contribution in [3.63, 3.8) is 0 Å². The lowest BCUT2D eigenvalue weighted by molar-refractivity contribution is 0.0954. The third-order valence-corrected chi connectivity index (χ3v) is 5.81. The van der Waals surface area contributed by atoms with Crippen LogP contribution in [0.5, 0.6) is 0 Å². The van der Waals surface area contributed by atoms with E-state index in [9.17, 15) is 14.3 Å². The van der Waals surface area contributed by atoms with Crippen LogP contribution < -0.4 is 16.0 Å². The number of nitrogens with one attached hydrogen (secondary N) is 3. The Bertz CT molecular complexity index is 1020. The number of thiophene rings is 1. The minimum atomic E-state index is -0.655. The molecule has 1 amide bonds. The molecule has 0 spiro atoms. The molecule has 2 aromatic carbocycles. The monoisotopic (exact) mass is 556 g/mol. The number of rotatable bonds is 7. The van der Waals surface area contributed by atoms with E-state index in [1.54, 1.807) is 37.4 Å². The molecule has 0 fully saturated rings. The Hall–Kier alpha value is -2.24. The molecule has 1 atom stereocenters. The second-order valence-electron chi connectivity index (χ2n) is 6.80. The van der Waals surface area contributed by atoms with Crippen LogP contribution in [0.25, 0.3) is 10.1 Å². The molecule has 6 nitrogen and oxygen atoms in total. The zero-order valence-corrected chi connectivity index (χ0v) is 20.5. The molecule has 0 saturated heterocycles. The van der Waals surface area contributed by atoms with E-state index < -0.39 is 11.9 Å². The second kappa shape index (κ2) is 12.0. The number of guanidine groups is 1. The Morgan fingerprint density at radius 3 is 2.58 bits per heavy atom. The number of hydrogen-bond acceptors (Lipinski definition) is 4. The maximum Gasteiger partial charge on any atom is 0.251 e. The fourth-order valence-electron chi connectivity index (χ4n) is 2.87. The van der Waals surface area contributed by atoms with Gasteiger partial charge in [-0.25, -0.2) is 4.39 Å². The van der Waals surface area contributed by atoms with E-state index in [0.29, 0.717) is 31.2 Å². The number of aliphatic hydroxyl groups is 1. The van der Waals surface area contributed by atoms with Crippen LogP contribution in [0.15, 0.2) is 53.5 Å². The molecule has 4 N–H and O–H groups in total. The van der Waals surface area contributed by atoms with Crippen LogP contribution >= 0.6 is 35.3 Å². The fraction of sp³-hybridized carbons (Fsp3) is 0.273. The normalized spacial score (nSPS) is 12.2. The first kappa shape index (κ1) is 25.0. The van der Waals surface area contributed by atoms with Crippen LogP contribution in [0, 0.1) is 12.7 Å². The van der Waals surface area contributed by atoms with Gasteiger partial charge in [-0.1, -0.05) is 24.3 Å². The summed E-state index contributed by atoms with van der Waals surface area (Å²) < 4.78 is 14.7. The van der Waals surface area contributed by atoms with Gasteiger partial charge in [0.15, 0.2) is 5.96 Å². The number of halogens is 2. The molecule has 1 unspecified atom stereocenters. The van der Waals surface area contributed by atoms with Crippen LogP contribution in [0.2, 0.25) is 0 Å². The van der Waals surface area contributed by atoms with Crippen LogP contribution in [0.1, 0.15) is 26.9 Å². The summed E-state index contributed by atoms with van der Waals surface area (Å²) in [5.74, 6) is -0.216. The summed E-state index contributed by atoms with van der Waals surface area (Å²) in [5.41, 5.74) is 0.785. The fourth-order valence-corrected chi connectivity index (χ4v) is 3.92. The lowest BCUT2D eigenvalue weighted by Gasteiger charge is -2.15. The summed E-state index contributed by atoms with van der Waals surface area (Å²) in [7, 11) is 1.63. The molecule has 0 aliphatic rings. The Balaban J connectivity index is 0.00000341. The molecule has 9 heteroatoms. The highest BCUT2D eigenvalue weighted by molar-refractivity contribution is 14.0. The maximum absolute atomic E-state index is 13.6. The van der Waals surface area contributed by atoms with Gasteiger partial charge < -0.3 is 21.1 Å². The average Bonchev–Trinajstić information content (AvgIpc) is 3.19. The Kier molecular flexibility index (Phi) is 9.66. The van der Waals surface area contributed by atoms with Crippen molar-refractivity contribution in [2.45, 2.75) is 13.0 Å². The van der Waals surface area contributed by atoms with Gasteiger partial charge >= 0.3 is 0 Å². The molecule has 31 heavy (non-hydrogen) atoms. The first-order chi connectivity index (χ1) is 14.5. The first-order valence-electron chi connectivity index (χ1n) is 9.63. The van der Waals surface area contributed by atoms with Crippen molar-refractivity contribution >= 4 is 57.3 Å². The zero-order chi connectivity index (χ0) is 21.5. The minimum absolute atomic E-state index is 0. The highest BCUT2D eigenvalue weighted by Crippen LogP contribution is 2.29. The molecule has 3 aromatic rings. The molecule has 0 aliphatic carbocycles. The number of aliphatic hydroxyl groups excluding tert-OH is 1. The lowest BCUT2D eigenvalue weighted by atomic mass is 10.1. The van der Waals surface area contributed by atoms with Crippen molar-refractivity contribution < 1.29 is 14.3 Å². The van der Waals surface area contributed by atoms with Gasteiger partial charge in [0.25, 0.3) is 5.91 Å². The molecular formula is C22H26FIN4O2S. The molecule has 1 aromatic heterocycles. The summed E-state index contributed by atoms with van der Waals surface area (Å²) in [6, 6.07) is 14.4. The van der Waals surface area contributed by atoms with E-state index in [2.05, 4.69) is 20.9 Å². The molecule has 3 rings (SSSR count). The van der Waals surface area contributed by atoms with Crippen molar-refractivity contribution in [1.29, 1.82) is 0 Å². The largest absolute Gasteiger partial charge is 0.386 e. The summed E-state index contributed by atoms with van der Waals surface area (Å²) >= 11 is 1.56. The lowest BCUT2D eigenvalue weighted by Crippen LogP contribution is -2.42. The topological polar surface area (TPSA) is 85.8 Å². The Morgan fingerprint density at radius 1 is 1.13 bits per heavy atom. The Morgan fingerprint density at radius 2 is 1.87 bits per heavy atom. The molecule has 0 radical (unpaired) electrons. The van der Waals surface area contributed by atoms with Crippen LogP contribution in [-0.2, 0) is 0 Å². The number of nitrogens with zero attached hydrogens (tertiary/aromatic N) is 1. The zero-order valence-electron chi connectivity index (χ0n) is 17.3. The van der Waals surface area contributed by atoms with Crippen LogP contribution in [0.3, 0.4) is 0 Å². The predicted molar refractivity (Wildman–Crippen MR) is 135 cm³/mol. The van der Waals surface area contributed by atoms with Crippen molar-refractivity contribution in [3.05, 3.63) is 70.4 Å². The molecule has 0 saturated carbocycles. The van der Waals surface area contributed by atoms with Crippen LogP contribution in [0.4, 0.5) is 4.39 Å². The summed E-state index contributed by atoms with van der Waals surface area (Å²) in [4.78, 5) is 17.1. The SMILES string of the molecule is CN=C(NCCNC(=O)c1ccc(C)c(F)c1)NCC(O)c1cc2ccccc2s1.I. The van der Waals surface area contributed by atoms with Gasteiger partial charge in [0.2, 0.25) is 0 Å². The molecule has 0 bridgehead atoms. The number of carbonyl (C=O) groups is 1. The predicted octanol–water partition coefficient (Wildman–Crippen LogP) is 3.60. The highest BCUT2D eigenvalue weighted by atomic mass is 127. The molecule has 166 valence electrons. The summed E-state index contributed by atoms with van der Waals surface area (Å²) in [5, 5.41) is 20.5. The average molecular weight is 556 g/mol. The van der Waals surface area contributed by atoms with Crippen molar-refractivity contribution in [3.8, 4) is 0 Å². The number of carbonyl (C=O) groups excluding carboxylic acids is 1. The third-order valence-electron chi connectivity index (χ3n) is 4.60. The van der Waals surface area contributed by atoms with Gasteiger partial charge in [0.05, 0.1) is 0 Å². The van der Waals surface area contributed by atoms with E-state index in [4.69, 9.17) is 0 Å². The van der Waals surface area contributed by atoms with Gasteiger partial charge in [-0.3, -0.25) is 9.79 Å². The van der Waals surface area contributed by atoms with Crippen molar-refractivity contribution in [2.75, 3.05) is 26.7 Å². The van der Waals surface area contributed by atoms with Gasteiger partial charge in [-0.05, 0) is 42.1 Å². The highest BCUT2D eigenvalue weighted by Gasteiger charge is 2.12. The van der Waals surface area contributed by atoms with Crippen LogP contribution in [-0.4, -0.2) is 43.7 Å². The number of fused-ring (bicyclic) bond motifs is 1. The van der Waals surface area contributed by atoms with Crippen molar-refractivity contribution in [1.82, 2.24) is 16.0 Å². The quantitative estimate of drug-likeness (QED) is 0.155. The maximum atomic E-state index is 13.6. The smallest absolute Gasteiger partial charge is 0.251 e. The number of amides is 1. The number of benzene rings is 2. The number of aliphatic imine (C=N–C) groups is 1. The van der Waals surface area contributed by atoms with E-state index >= 15 is 0 Å². The van der Waals surface area contributed by atoms with Gasteiger partial charge in [0, 0.05) is 41.8 Å². The molecule has 1 heterocycles. The first-order valence-corrected chi connectivity index (χ1v) is 10.4. The number of hydrogen-bond donors (Lipinski definition) is 4.